The van der Waals surface area contributed by atoms with Gasteiger partial charge in [-0.05, 0) is 51.1 Å². The Hall–Kier alpha value is -4.29. The molecule has 0 aliphatic heterocycles. The van der Waals surface area contributed by atoms with E-state index in [1.165, 1.54) is 19.0 Å². The second-order valence-corrected chi connectivity index (χ2v) is 10.3. The number of ketones is 2. The number of hydrogen-bond acceptors (Lipinski definition) is 10. The van der Waals surface area contributed by atoms with Crippen LogP contribution < -0.4 is 11.1 Å². The third kappa shape index (κ3) is 3.78. The topological polar surface area (TPSA) is 186 Å². The summed E-state index contributed by atoms with van der Waals surface area (Å²) in [6.45, 7) is -0.0146. The highest BCUT2D eigenvalue weighted by Gasteiger charge is 2.63. The zero-order valence-corrected chi connectivity index (χ0v) is 21.1. The average molecular weight is 539 g/mol. The maximum atomic E-state index is 15.7. The monoisotopic (exact) mass is 538 g/mol. The number of allylic oxidation sites excluding steroid dienone is 1. The minimum atomic E-state index is -2.74. The van der Waals surface area contributed by atoms with Gasteiger partial charge in [-0.15, -0.1) is 0 Å². The highest BCUT2D eigenvalue weighted by molar-refractivity contribution is 6.24. The SMILES string of the molecule is CN(C)[C@@H]1C(O)=C(C(N)=O)C(=O)[C@@]2(O)C(O)=C3C(=O)c4c(O)cc(CNc5cccnc5)c(F)c4C[C@H]3C[C@@H]12. The summed E-state index contributed by atoms with van der Waals surface area (Å²) in [5, 5.41) is 47.4. The number of halogens is 1. The predicted octanol–water partition coefficient (Wildman–Crippen LogP) is 1.27. The highest BCUT2D eigenvalue weighted by Crippen LogP contribution is 2.52. The molecule has 0 unspecified atom stereocenters. The number of pyridine rings is 1. The minimum absolute atomic E-state index is 0.0146. The quantitative estimate of drug-likeness (QED) is 0.303. The first-order chi connectivity index (χ1) is 18.4. The Bertz CT molecular complexity index is 1490. The molecule has 0 saturated heterocycles. The van der Waals surface area contributed by atoms with Crippen LogP contribution in [0.4, 0.5) is 10.1 Å². The number of rotatable bonds is 5. The van der Waals surface area contributed by atoms with Gasteiger partial charge in [0.25, 0.3) is 5.91 Å². The van der Waals surface area contributed by atoms with Gasteiger partial charge in [0.1, 0.15) is 28.7 Å². The summed E-state index contributed by atoms with van der Waals surface area (Å²) < 4.78 is 15.7. The third-order valence-electron chi connectivity index (χ3n) is 7.88. The number of Topliss-reactive ketones (excluding diaryl/α,β-unsaturated/α-hetero) is 2. The summed E-state index contributed by atoms with van der Waals surface area (Å²) in [7, 11) is 3.07. The number of carbonyl (C=O) groups excluding carboxylic acids is 3. The van der Waals surface area contributed by atoms with Crippen LogP contribution in [-0.4, -0.2) is 73.5 Å². The average Bonchev–Trinajstić information content (AvgIpc) is 2.87. The molecule has 0 fully saturated rings. The number of likely N-dealkylation sites (N-methyl/N-ethyl adjacent to an activating group) is 1. The maximum absolute atomic E-state index is 15.7. The number of amides is 1. The first kappa shape index (κ1) is 26.3. The standard InChI is InChI=1S/C27H27FN4O7/c1-32(2)21-15-7-11-6-14-18(16(33)8-12(20(14)28)9-31-13-4-3-5-30-10-13)22(34)17(11)24(36)27(15,39)25(37)19(23(21)35)26(29)38/h3-5,8,10-11,15,21,31,33,35-36,39H,6-7,9H2,1-2H3,(H2,29,38)/t11-,15-,21-,27-/m0/s1. The van der Waals surface area contributed by atoms with Crippen molar-refractivity contribution in [2.45, 2.75) is 31.0 Å². The van der Waals surface area contributed by atoms with Crippen LogP contribution in [0.15, 0.2) is 53.3 Å². The number of benzene rings is 1. The van der Waals surface area contributed by atoms with Crippen molar-refractivity contribution in [3.63, 3.8) is 0 Å². The van der Waals surface area contributed by atoms with Gasteiger partial charge < -0.3 is 31.5 Å². The molecule has 0 saturated carbocycles. The van der Waals surface area contributed by atoms with E-state index in [0.717, 1.165) is 6.07 Å². The van der Waals surface area contributed by atoms with Crippen LogP contribution >= 0.6 is 0 Å². The lowest BCUT2D eigenvalue weighted by Gasteiger charge is -2.50. The Morgan fingerprint density at radius 2 is 2.00 bits per heavy atom. The van der Waals surface area contributed by atoms with Gasteiger partial charge in [0, 0.05) is 41.6 Å². The molecule has 0 spiro atoms. The number of primary amides is 1. The second kappa shape index (κ2) is 9.17. The number of nitrogens with one attached hydrogen (secondary N) is 1. The van der Waals surface area contributed by atoms with Gasteiger partial charge in [0.15, 0.2) is 11.4 Å². The lowest BCUT2D eigenvalue weighted by atomic mass is 9.58. The van der Waals surface area contributed by atoms with Crippen molar-refractivity contribution in [3.05, 3.63) is 75.8 Å². The zero-order chi connectivity index (χ0) is 28.4. The van der Waals surface area contributed by atoms with Gasteiger partial charge in [-0.3, -0.25) is 24.3 Å². The molecule has 1 amide bonds. The van der Waals surface area contributed by atoms with Gasteiger partial charge in [-0.25, -0.2) is 4.39 Å². The van der Waals surface area contributed by atoms with Crippen LogP contribution in [-0.2, 0) is 22.6 Å². The van der Waals surface area contributed by atoms with Gasteiger partial charge in [-0.2, -0.15) is 0 Å². The Kier molecular flexibility index (Phi) is 6.19. The fourth-order valence-electron chi connectivity index (χ4n) is 6.15. The number of hydrogen-bond donors (Lipinski definition) is 6. The van der Waals surface area contributed by atoms with E-state index >= 15 is 4.39 Å². The number of nitrogens with zero attached hydrogens (tertiary/aromatic N) is 2. The summed E-state index contributed by atoms with van der Waals surface area (Å²) in [5.41, 5.74) is 1.62. The van der Waals surface area contributed by atoms with Crippen LogP contribution in [0.25, 0.3) is 0 Å². The number of fused-ring (bicyclic) bond motifs is 3. The number of phenols is 1. The van der Waals surface area contributed by atoms with E-state index in [1.54, 1.807) is 24.5 Å². The molecule has 1 aromatic heterocycles. The van der Waals surface area contributed by atoms with Crippen LogP contribution in [0.1, 0.15) is 27.9 Å². The molecule has 39 heavy (non-hydrogen) atoms. The molecular formula is C27H27FN4O7. The van der Waals surface area contributed by atoms with Crippen molar-refractivity contribution < 1.29 is 39.2 Å². The fourth-order valence-corrected chi connectivity index (χ4v) is 6.15. The number of phenolic OH excluding ortho intramolecular Hbond substituents is 1. The predicted molar refractivity (Wildman–Crippen MR) is 135 cm³/mol. The van der Waals surface area contributed by atoms with Crippen molar-refractivity contribution in [1.82, 2.24) is 9.88 Å². The number of aliphatic hydroxyl groups excluding tert-OH is 2. The zero-order valence-electron chi connectivity index (χ0n) is 21.1. The minimum Gasteiger partial charge on any atom is -0.510 e. The molecule has 1 heterocycles. The summed E-state index contributed by atoms with van der Waals surface area (Å²) in [4.78, 5) is 44.3. The van der Waals surface area contributed by atoms with E-state index in [9.17, 15) is 34.8 Å². The van der Waals surface area contributed by atoms with E-state index in [1.807, 2.05) is 0 Å². The Morgan fingerprint density at radius 1 is 1.28 bits per heavy atom. The summed E-state index contributed by atoms with van der Waals surface area (Å²) in [6.07, 6.45) is 2.88. The molecule has 5 rings (SSSR count). The highest BCUT2D eigenvalue weighted by atomic mass is 19.1. The maximum Gasteiger partial charge on any atom is 0.255 e. The largest absolute Gasteiger partial charge is 0.510 e. The number of aromatic hydroxyl groups is 1. The molecular weight excluding hydrogens is 511 g/mol. The van der Waals surface area contributed by atoms with Crippen LogP contribution in [0, 0.1) is 17.7 Å². The van der Waals surface area contributed by atoms with Crippen LogP contribution in [0.5, 0.6) is 5.75 Å². The number of aromatic nitrogens is 1. The van der Waals surface area contributed by atoms with Crippen molar-refractivity contribution in [2.24, 2.45) is 17.6 Å². The van der Waals surface area contributed by atoms with Crippen molar-refractivity contribution in [1.29, 1.82) is 0 Å². The van der Waals surface area contributed by atoms with Crippen LogP contribution in [0.2, 0.25) is 0 Å². The molecule has 11 nitrogen and oxygen atoms in total. The van der Waals surface area contributed by atoms with Crippen LogP contribution in [0.3, 0.4) is 0 Å². The number of aliphatic hydroxyl groups is 3. The lowest BCUT2D eigenvalue weighted by molar-refractivity contribution is -0.148. The number of nitrogens with two attached hydrogens (primary N) is 1. The van der Waals surface area contributed by atoms with E-state index in [4.69, 9.17) is 5.73 Å². The van der Waals surface area contributed by atoms with Gasteiger partial charge >= 0.3 is 0 Å². The molecule has 4 atom stereocenters. The van der Waals surface area contributed by atoms with Gasteiger partial charge in [0.2, 0.25) is 5.78 Å². The molecule has 7 N–H and O–H groups in total. The van der Waals surface area contributed by atoms with E-state index in [-0.39, 0.29) is 41.6 Å². The van der Waals surface area contributed by atoms with E-state index in [0.29, 0.717) is 5.69 Å². The van der Waals surface area contributed by atoms with Crippen molar-refractivity contribution in [2.75, 3.05) is 19.4 Å². The normalized spacial score (nSPS) is 26.3. The third-order valence-corrected chi connectivity index (χ3v) is 7.88. The Morgan fingerprint density at radius 3 is 2.62 bits per heavy atom. The fraction of sp³-hybridized carbons (Fsp3) is 0.333. The Labute approximate surface area is 222 Å². The molecule has 3 aliphatic carbocycles. The molecule has 3 aliphatic rings. The molecule has 12 heteroatoms. The van der Waals surface area contributed by atoms with Gasteiger partial charge in [-0.1, -0.05) is 0 Å². The van der Waals surface area contributed by atoms with E-state index < -0.39 is 69.6 Å². The second-order valence-electron chi connectivity index (χ2n) is 10.3. The smallest absolute Gasteiger partial charge is 0.255 e. The molecule has 204 valence electrons. The van der Waals surface area contributed by atoms with Crippen molar-refractivity contribution >= 4 is 23.2 Å². The molecule has 1 aromatic carbocycles. The molecule has 0 radical (unpaired) electrons. The van der Waals surface area contributed by atoms with Crippen molar-refractivity contribution in [3.8, 4) is 5.75 Å². The first-order valence-electron chi connectivity index (χ1n) is 12.2. The van der Waals surface area contributed by atoms with E-state index in [2.05, 4.69) is 10.3 Å². The lowest BCUT2D eigenvalue weighted by Crippen LogP contribution is -2.63. The summed E-state index contributed by atoms with van der Waals surface area (Å²) >= 11 is 0. The van der Waals surface area contributed by atoms with Gasteiger partial charge in [0.05, 0.1) is 17.3 Å². The Balaban J connectivity index is 1.61. The molecule has 2 aromatic rings. The number of anilines is 1. The number of carbonyl (C=O) groups is 3. The summed E-state index contributed by atoms with van der Waals surface area (Å²) in [6, 6.07) is 3.41. The first-order valence-corrected chi connectivity index (χ1v) is 12.2. The summed E-state index contributed by atoms with van der Waals surface area (Å²) in [5.74, 6) is -8.51. The molecule has 0 bridgehead atoms.